The summed E-state index contributed by atoms with van der Waals surface area (Å²) in [5.74, 6) is 1.38. The highest BCUT2D eigenvalue weighted by molar-refractivity contribution is 5.85. The van der Waals surface area contributed by atoms with Crippen LogP contribution >= 0.6 is 0 Å². The SMILES string of the molecule is CC1(C)CCC(c2noc(C3COCCC3=O)n2)CC1. The number of ether oxygens (including phenoxy) is 1. The number of nitrogens with zero attached hydrogens (tertiary/aromatic N) is 2. The van der Waals surface area contributed by atoms with Crippen molar-refractivity contribution >= 4 is 5.78 Å². The molecule has 1 saturated carbocycles. The van der Waals surface area contributed by atoms with Crippen LogP contribution in [0.2, 0.25) is 0 Å². The molecule has 0 amide bonds. The zero-order valence-corrected chi connectivity index (χ0v) is 12.2. The Kier molecular flexibility index (Phi) is 3.63. The third kappa shape index (κ3) is 2.77. The van der Waals surface area contributed by atoms with E-state index in [4.69, 9.17) is 9.26 Å². The van der Waals surface area contributed by atoms with E-state index in [1.165, 1.54) is 12.8 Å². The van der Waals surface area contributed by atoms with Crippen molar-refractivity contribution in [3.63, 3.8) is 0 Å². The fraction of sp³-hybridized carbons (Fsp3) is 0.800. The maximum absolute atomic E-state index is 11.9. The summed E-state index contributed by atoms with van der Waals surface area (Å²) >= 11 is 0. The summed E-state index contributed by atoms with van der Waals surface area (Å²) in [5, 5.41) is 4.10. The minimum absolute atomic E-state index is 0.149. The van der Waals surface area contributed by atoms with E-state index in [-0.39, 0.29) is 11.7 Å². The Morgan fingerprint density at radius 1 is 1.25 bits per heavy atom. The molecule has 2 aliphatic rings. The highest BCUT2D eigenvalue weighted by Crippen LogP contribution is 2.41. The summed E-state index contributed by atoms with van der Waals surface area (Å²) in [4.78, 5) is 16.3. The number of carbonyl (C=O) groups excluding carboxylic acids is 1. The molecule has 1 aliphatic carbocycles. The number of hydrogen-bond donors (Lipinski definition) is 0. The normalized spacial score (nSPS) is 27.7. The minimum Gasteiger partial charge on any atom is -0.380 e. The molecule has 110 valence electrons. The summed E-state index contributed by atoms with van der Waals surface area (Å²) < 4.78 is 10.7. The third-order valence-electron chi connectivity index (χ3n) is 4.63. The molecule has 1 atom stereocenters. The van der Waals surface area contributed by atoms with Crippen LogP contribution < -0.4 is 0 Å². The number of Topliss-reactive ketones (excluding diaryl/α,β-unsaturated/α-hetero) is 1. The van der Waals surface area contributed by atoms with E-state index in [9.17, 15) is 4.79 Å². The van der Waals surface area contributed by atoms with Gasteiger partial charge in [-0.05, 0) is 31.1 Å². The molecule has 20 heavy (non-hydrogen) atoms. The predicted octanol–water partition coefficient (Wildman–Crippen LogP) is 2.83. The standard InChI is InChI=1S/C15H22N2O3/c1-15(2)6-3-10(4-7-15)13-16-14(20-17-13)11-9-19-8-5-12(11)18/h10-11H,3-9H2,1-2H3. The first-order valence-corrected chi connectivity index (χ1v) is 7.49. The fourth-order valence-corrected chi connectivity index (χ4v) is 3.06. The van der Waals surface area contributed by atoms with Crippen LogP contribution in [0, 0.1) is 5.41 Å². The molecule has 1 aromatic rings. The maximum atomic E-state index is 11.9. The van der Waals surface area contributed by atoms with Gasteiger partial charge in [0.1, 0.15) is 11.7 Å². The van der Waals surface area contributed by atoms with Gasteiger partial charge in [0, 0.05) is 12.3 Å². The van der Waals surface area contributed by atoms with Crippen molar-refractivity contribution in [2.24, 2.45) is 5.41 Å². The lowest BCUT2D eigenvalue weighted by atomic mass is 9.73. The summed E-state index contributed by atoms with van der Waals surface area (Å²) in [7, 11) is 0. The minimum atomic E-state index is -0.356. The van der Waals surface area contributed by atoms with Crippen molar-refractivity contribution in [3.05, 3.63) is 11.7 Å². The zero-order valence-electron chi connectivity index (χ0n) is 12.2. The Morgan fingerprint density at radius 3 is 2.70 bits per heavy atom. The van der Waals surface area contributed by atoms with Crippen molar-refractivity contribution in [2.75, 3.05) is 13.2 Å². The molecule has 0 bridgehead atoms. The number of ketones is 1. The van der Waals surface area contributed by atoms with Gasteiger partial charge in [-0.15, -0.1) is 0 Å². The number of rotatable bonds is 2. The van der Waals surface area contributed by atoms with Crippen molar-refractivity contribution in [3.8, 4) is 0 Å². The Balaban J connectivity index is 1.69. The van der Waals surface area contributed by atoms with Gasteiger partial charge in [-0.1, -0.05) is 19.0 Å². The van der Waals surface area contributed by atoms with Gasteiger partial charge in [0.05, 0.1) is 13.2 Å². The van der Waals surface area contributed by atoms with Crippen LogP contribution in [0.5, 0.6) is 0 Å². The summed E-state index contributed by atoms with van der Waals surface area (Å²) in [6.45, 7) is 5.50. The van der Waals surface area contributed by atoms with Gasteiger partial charge in [0.15, 0.2) is 5.82 Å². The van der Waals surface area contributed by atoms with Gasteiger partial charge in [0.2, 0.25) is 5.89 Å². The van der Waals surface area contributed by atoms with Gasteiger partial charge in [-0.2, -0.15) is 4.98 Å². The monoisotopic (exact) mass is 278 g/mol. The second-order valence-electron chi connectivity index (χ2n) is 6.77. The van der Waals surface area contributed by atoms with E-state index >= 15 is 0 Å². The van der Waals surface area contributed by atoms with Crippen molar-refractivity contribution in [1.82, 2.24) is 10.1 Å². The highest BCUT2D eigenvalue weighted by atomic mass is 16.5. The Hall–Kier alpha value is -1.23. The number of carbonyl (C=O) groups is 1. The van der Waals surface area contributed by atoms with Crippen LogP contribution in [0.25, 0.3) is 0 Å². The second-order valence-corrected chi connectivity index (χ2v) is 6.77. The molecule has 0 radical (unpaired) electrons. The average Bonchev–Trinajstić information content (AvgIpc) is 2.88. The van der Waals surface area contributed by atoms with Crippen LogP contribution in [0.15, 0.2) is 4.52 Å². The van der Waals surface area contributed by atoms with E-state index in [0.29, 0.717) is 36.9 Å². The average molecular weight is 278 g/mol. The molecule has 0 spiro atoms. The van der Waals surface area contributed by atoms with Crippen LogP contribution in [0.4, 0.5) is 0 Å². The first-order chi connectivity index (χ1) is 9.55. The number of aromatic nitrogens is 2. The summed E-state index contributed by atoms with van der Waals surface area (Å²) in [5.41, 5.74) is 0.427. The lowest BCUT2D eigenvalue weighted by molar-refractivity contribution is -0.127. The van der Waals surface area contributed by atoms with E-state index in [1.807, 2.05) is 0 Å². The van der Waals surface area contributed by atoms with Crippen LogP contribution in [0.1, 0.15) is 69.5 Å². The van der Waals surface area contributed by atoms with E-state index in [2.05, 4.69) is 24.0 Å². The molecule has 2 heterocycles. The lowest BCUT2D eigenvalue weighted by Crippen LogP contribution is -2.26. The highest BCUT2D eigenvalue weighted by Gasteiger charge is 2.33. The van der Waals surface area contributed by atoms with Gasteiger partial charge >= 0.3 is 0 Å². The molecule has 0 N–H and O–H groups in total. The van der Waals surface area contributed by atoms with E-state index in [0.717, 1.165) is 18.7 Å². The first-order valence-electron chi connectivity index (χ1n) is 7.49. The van der Waals surface area contributed by atoms with Gasteiger partial charge in [0.25, 0.3) is 0 Å². The number of hydrogen-bond acceptors (Lipinski definition) is 5. The lowest BCUT2D eigenvalue weighted by Gasteiger charge is -2.32. The summed E-state index contributed by atoms with van der Waals surface area (Å²) in [6, 6.07) is 0. The Morgan fingerprint density at radius 2 is 2.00 bits per heavy atom. The third-order valence-corrected chi connectivity index (χ3v) is 4.63. The topological polar surface area (TPSA) is 65.2 Å². The predicted molar refractivity (Wildman–Crippen MR) is 72.5 cm³/mol. The molecular weight excluding hydrogens is 256 g/mol. The molecule has 3 rings (SSSR count). The molecule has 1 aromatic heterocycles. The molecule has 1 aliphatic heterocycles. The van der Waals surface area contributed by atoms with Crippen LogP contribution in [0.3, 0.4) is 0 Å². The first kappa shape index (κ1) is 13.7. The van der Waals surface area contributed by atoms with Gasteiger partial charge in [-0.25, -0.2) is 0 Å². The van der Waals surface area contributed by atoms with E-state index < -0.39 is 0 Å². The summed E-state index contributed by atoms with van der Waals surface area (Å²) in [6.07, 6.45) is 5.02. The molecule has 2 fully saturated rings. The van der Waals surface area contributed by atoms with E-state index in [1.54, 1.807) is 0 Å². The van der Waals surface area contributed by atoms with Gasteiger partial charge in [-0.3, -0.25) is 4.79 Å². The molecule has 0 aromatic carbocycles. The maximum Gasteiger partial charge on any atom is 0.239 e. The van der Waals surface area contributed by atoms with Crippen molar-refractivity contribution in [1.29, 1.82) is 0 Å². The fourth-order valence-electron chi connectivity index (χ4n) is 3.06. The smallest absolute Gasteiger partial charge is 0.239 e. The van der Waals surface area contributed by atoms with Crippen molar-refractivity contribution < 1.29 is 14.1 Å². The van der Waals surface area contributed by atoms with Crippen LogP contribution in [-0.2, 0) is 9.53 Å². The van der Waals surface area contributed by atoms with Crippen LogP contribution in [-0.4, -0.2) is 29.1 Å². The Bertz CT molecular complexity index is 485. The zero-order chi connectivity index (χ0) is 14.2. The largest absolute Gasteiger partial charge is 0.380 e. The second kappa shape index (κ2) is 5.28. The molecule has 5 nitrogen and oxygen atoms in total. The molecule has 5 heteroatoms. The molecule has 1 saturated heterocycles. The van der Waals surface area contributed by atoms with Gasteiger partial charge < -0.3 is 9.26 Å². The quantitative estimate of drug-likeness (QED) is 0.832. The molecular formula is C15H22N2O3. The Labute approximate surface area is 119 Å². The van der Waals surface area contributed by atoms with Crippen molar-refractivity contribution in [2.45, 2.75) is 57.8 Å². The molecule has 1 unspecified atom stereocenters.